The van der Waals surface area contributed by atoms with E-state index in [1.165, 1.54) is 0 Å². The summed E-state index contributed by atoms with van der Waals surface area (Å²) in [7, 11) is 1.82. The second-order valence-corrected chi connectivity index (χ2v) is 4.37. The van der Waals surface area contributed by atoms with E-state index in [4.69, 9.17) is 5.73 Å². The van der Waals surface area contributed by atoms with Gasteiger partial charge >= 0.3 is 0 Å². The Morgan fingerprint density at radius 3 is 2.79 bits per heavy atom. The van der Waals surface area contributed by atoms with E-state index in [0.29, 0.717) is 18.8 Å². The average Bonchev–Trinajstić information content (AvgIpc) is 2.82. The zero-order valence-electron chi connectivity index (χ0n) is 10.8. The van der Waals surface area contributed by atoms with E-state index in [2.05, 4.69) is 15.5 Å². The van der Waals surface area contributed by atoms with Crippen molar-refractivity contribution in [2.45, 2.75) is 19.0 Å². The molecule has 0 fully saturated rings. The van der Waals surface area contributed by atoms with Crippen LogP contribution in [0.1, 0.15) is 11.4 Å². The Hall–Kier alpha value is -2.21. The van der Waals surface area contributed by atoms with Crippen molar-refractivity contribution >= 4 is 5.91 Å². The number of amides is 1. The van der Waals surface area contributed by atoms with Crippen LogP contribution in [-0.4, -0.2) is 26.7 Å². The van der Waals surface area contributed by atoms with Crippen molar-refractivity contribution < 1.29 is 4.79 Å². The molecule has 0 aliphatic rings. The van der Waals surface area contributed by atoms with Gasteiger partial charge in [0.15, 0.2) is 5.82 Å². The van der Waals surface area contributed by atoms with Crippen LogP contribution in [0.2, 0.25) is 0 Å². The SMILES string of the molecule is Cn1cnnc1CNC(=O)[C@@H](N)Cc1ccccc1. The van der Waals surface area contributed by atoms with E-state index in [-0.39, 0.29) is 5.91 Å². The topological polar surface area (TPSA) is 85.8 Å². The lowest BCUT2D eigenvalue weighted by Gasteiger charge is -2.12. The molecule has 1 heterocycles. The third-order valence-corrected chi connectivity index (χ3v) is 2.86. The van der Waals surface area contributed by atoms with Crippen LogP contribution in [0.25, 0.3) is 0 Å². The molecule has 0 aliphatic heterocycles. The highest BCUT2D eigenvalue weighted by molar-refractivity contribution is 5.81. The zero-order chi connectivity index (χ0) is 13.7. The summed E-state index contributed by atoms with van der Waals surface area (Å²) < 4.78 is 1.75. The maximum absolute atomic E-state index is 11.9. The summed E-state index contributed by atoms with van der Waals surface area (Å²) in [6.45, 7) is 0.331. The Labute approximate surface area is 111 Å². The monoisotopic (exact) mass is 259 g/mol. The van der Waals surface area contributed by atoms with E-state index < -0.39 is 6.04 Å². The number of nitrogens with one attached hydrogen (secondary N) is 1. The molecule has 2 aromatic rings. The van der Waals surface area contributed by atoms with Crippen LogP contribution in [-0.2, 0) is 24.8 Å². The van der Waals surface area contributed by atoms with Gasteiger partial charge < -0.3 is 15.6 Å². The summed E-state index contributed by atoms with van der Waals surface area (Å²) in [5, 5.41) is 10.4. The van der Waals surface area contributed by atoms with Crippen LogP contribution in [0.4, 0.5) is 0 Å². The summed E-state index contributed by atoms with van der Waals surface area (Å²) in [5.41, 5.74) is 6.92. The highest BCUT2D eigenvalue weighted by Gasteiger charge is 2.14. The molecule has 0 bridgehead atoms. The van der Waals surface area contributed by atoms with Crippen LogP contribution in [0.5, 0.6) is 0 Å². The minimum atomic E-state index is -0.560. The van der Waals surface area contributed by atoms with E-state index in [0.717, 1.165) is 5.56 Å². The highest BCUT2D eigenvalue weighted by atomic mass is 16.2. The normalized spacial score (nSPS) is 12.1. The molecule has 0 radical (unpaired) electrons. The minimum absolute atomic E-state index is 0.188. The van der Waals surface area contributed by atoms with Gasteiger partial charge in [-0.15, -0.1) is 10.2 Å². The van der Waals surface area contributed by atoms with E-state index in [1.807, 2.05) is 37.4 Å². The molecule has 0 spiro atoms. The number of carbonyl (C=O) groups is 1. The Bertz CT molecular complexity index is 537. The lowest BCUT2D eigenvalue weighted by atomic mass is 10.1. The molecule has 0 aliphatic carbocycles. The van der Waals surface area contributed by atoms with Gasteiger partial charge in [-0.3, -0.25) is 4.79 Å². The van der Waals surface area contributed by atoms with Crippen molar-refractivity contribution in [2.75, 3.05) is 0 Å². The molecule has 1 amide bonds. The predicted molar refractivity (Wildman–Crippen MR) is 71.0 cm³/mol. The Morgan fingerprint density at radius 2 is 2.16 bits per heavy atom. The second kappa shape index (κ2) is 6.10. The summed E-state index contributed by atoms with van der Waals surface area (Å²) in [6, 6.07) is 9.14. The number of hydrogen-bond acceptors (Lipinski definition) is 4. The van der Waals surface area contributed by atoms with Crippen molar-refractivity contribution in [1.82, 2.24) is 20.1 Å². The van der Waals surface area contributed by atoms with Gasteiger partial charge in [0.05, 0.1) is 12.6 Å². The summed E-state index contributed by atoms with van der Waals surface area (Å²) in [6.07, 6.45) is 2.11. The number of carbonyl (C=O) groups excluding carboxylic acids is 1. The lowest BCUT2D eigenvalue weighted by molar-refractivity contribution is -0.122. The lowest BCUT2D eigenvalue weighted by Crippen LogP contribution is -2.42. The van der Waals surface area contributed by atoms with Gasteiger partial charge in [0, 0.05) is 7.05 Å². The van der Waals surface area contributed by atoms with Crippen LogP contribution in [0, 0.1) is 0 Å². The largest absolute Gasteiger partial charge is 0.347 e. The van der Waals surface area contributed by atoms with E-state index >= 15 is 0 Å². The van der Waals surface area contributed by atoms with Gasteiger partial charge in [-0.25, -0.2) is 0 Å². The number of nitrogens with two attached hydrogens (primary N) is 1. The van der Waals surface area contributed by atoms with Gasteiger partial charge in [-0.1, -0.05) is 30.3 Å². The van der Waals surface area contributed by atoms with Gasteiger partial charge in [0.2, 0.25) is 5.91 Å². The molecule has 1 aromatic heterocycles. The first-order chi connectivity index (χ1) is 9.16. The predicted octanol–water partition coefficient (Wildman–Crippen LogP) is 0.00130. The number of nitrogens with zero attached hydrogens (tertiary/aromatic N) is 3. The van der Waals surface area contributed by atoms with Crippen LogP contribution in [0.3, 0.4) is 0 Å². The third kappa shape index (κ3) is 3.62. The summed E-state index contributed by atoms with van der Waals surface area (Å²) in [5.74, 6) is 0.507. The first-order valence-corrected chi connectivity index (χ1v) is 6.07. The van der Waals surface area contributed by atoms with Gasteiger partial charge in [0.25, 0.3) is 0 Å². The van der Waals surface area contributed by atoms with Crippen molar-refractivity contribution in [3.8, 4) is 0 Å². The Balaban J connectivity index is 1.84. The van der Waals surface area contributed by atoms with Gasteiger partial charge in [-0.2, -0.15) is 0 Å². The Kier molecular flexibility index (Phi) is 4.25. The number of benzene rings is 1. The molecule has 2 rings (SSSR count). The highest BCUT2D eigenvalue weighted by Crippen LogP contribution is 2.02. The summed E-state index contributed by atoms with van der Waals surface area (Å²) in [4.78, 5) is 11.9. The van der Waals surface area contributed by atoms with Crippen LogP contribution < -0.4 is 11.1 Å². The maximum atomic E-state index is 11.9. The Morgan fingerprint density at radius 1 is 1.42 bits per heavy atom. The van der Waals surface area contributed by atoms with Crippen molar-refractivity contribution in [2.24, 2.45) is 12.8 Å². The first-order valence-electron chi connectivity index (χ1n) is 6.07. The van der Waals surface area contributed by atoms with Crippen molar-refractivity contribution in [1.29, 1.82) is 0 Å². The molecule has 19 heavy (non-hydrogen) atoms. The second-order valence-electron chi connectivity index (χ2n) is 4.37. The number of hydrogen-bond donors (Lipinski definition) is 2. The van der Waals surface area contributed by atoms with Gasteiger partial charge in [-0.05, 0) is 12.0 Å². The standard InChI is InChI=1S/C13H17N5O/c1-18-9-16-17-12(18)8-15-13(19)11(14)7-10-5-3-2-4-6-10/h2-6,9,11H,7-8,14H2,1H3,(H,15,19)/t11-/m0/s1. The number of aryl methyl sites for hydroxylation is 1. The molecule has 100 valence electrons. The molecule has 0 saturated heterocycles. The molecule has 0 unspecified atom stereocenters. The zero-order valence-corrected chi connectivity index (χ0v) is 10.8. The molecular formula is C13H17N5O. The molecule has 6 heteroatoms. The van der Waals surface area contributed by atoms with Crippen LogP contribution >= 0.6 is 0 Å². The van der Waals surface area contributed by atoms with E-state index in [1.54, 1.807) is 10.9 Å². The average molecular weight is 259 g/mol. The third-order valence-electron chi connectivity index (χ3n) is 2.86. The smallest absolute Gasteiger partial charge is 0.237 e. The number of aromatic nitrogens is 3. The maximum Gasteiger partial charge on any atom is 0.237 e. The first kappa shape index (κ1) is 13.2. The molecule has 1 atom stereocenters. The molecule has 1 aromatic carbocycles. The molecule has 6 nitrogen and oxygen atoms in total. The molecule has 0 saturated carbocycles. The molecular weight excluding hydrogens is 242 g/mol. The van der Waals surface area contributed by atoms with Crippen molar-refractivity contribution in [3.63, 3.8) is 0 Å². The molecule has 3 N–H and O–H groups in total. The minimum Gasteiger partial charge on any atom is -0.347 e. The fourth-order valence-electron chi connectivity index (χ4n) is 1.73. The number of rotatable bonds is 5. The van der Waals surface area contributed by atoms with Crippen LogP contribution in [0.15, 0.2) is 36.7 Å². The van der Waals surface area contributed by atoms with Crippen molar-refractivity contribution in [3.05, 3.63) is 48.0 Å². The van der Waals surface area contributed by atoms with E-state index in [9.17, 15) is 4.79 Å². The van der Waals surface area contributed by atoms with Gasteiger partial charge in [0.1, 0.15) is 6.33 Å². The summed E-state index contributed by atoms with van der Waals surface area (Å²) >= 11 is 0. The quantitative estimate of drug-likeness (QED) is 0.791. The fourth-order valence-corrected chi connectivity index (χ4v) is 1.73. The fraction of sp³-hybridized carbons (Fsp3) is 0.308.